The maximum Gasteiger partial charge on any atom is 0.376 e. The monoisotopic (exact) mass is 227 g/mol. The molecule has 0 aliphatic heterocycles. The lowest BCUT2D eigenvalue weighted by Gasteiger charge is -2.13. The quantitative estimate of drug-likeness (QED) is 0.556. The second kappa shape index (κ2) is 5.99. The number of aliphatic hydroxyl groups excluding tert-OH is 2. The highest BCUT2D eigenvalue weighted by atomic mass is 16.5. The van der Waals surface area contributed by atoms with Crippen molar-refractivity contribution in [3.63, 3.8) is 0 Å². The van der Waals surface area contributed by atoms with Gasteiger partial charge in [-0.2, -0.15) is 0 Å². The Bertz CT molecular complexity index is 354. The van der Waals surface area contributed by atoms with Crippen LogP contribution < -0.4 is 5.32 Å². The van der Waals surface area contributed by atoms with E-state index in [1.54, 1.807) is 0 Å². The predicted octanol–water partition coefficient (Wildman–Crippen LogP) is -0.972. The summed E-state index contributed by atoms with van der Waals surface area (Å²) in [6.07, 6.45) is 1.38. The number of aromatic nitrogens is 2. The molecular formula is C9H13N3O4. The van der Waals surface area contributed by atoms with Crippen LogP contribution in [0, 0.1) is 0 Å². The van der Waals surface area contributed by atoms with Gasteiger partial charge in [0, 0.05) is 6.20 Å². The summed E-state index contributed by atoms with van der Waals surface area (Å²) in [6, 6.07) is 0.991. The van der Waals surface area contributed by atoms with Crippen LogP contribution in [0.3, 0.4) is 0 Å². The van der Waals surface area contributed by atoms with Crippen LogP contribution in [0.5, 0.6) is 0 Å². The van der Waals surface area contributed by atoms with Crippen molar-refractivity contribution >= 4 is 11.8 Å². The molecule has 16 heavy (non-hydrogen) atoms. The first-order valence-corrected chi connectivity index (χ1v) is 4.61. The van der Waals surface area contributed by atoms with Gasteiger partial charge in [-0.1, -0.05) is 0 Å². The van der Waals surface area contributed by atoms with Gasteiger partial charge in [0.05, 0.1) is 26.4 Å². The van der Waals surface area contributed by atoms with Crippen molar-refractivity contribution in [2.24, 2.45) is 0 Å². The van der Waals surface area contributed by atoms with E-state index in [2.05, 4.69) is 20.0 Å². The summed E-state index contributed by atoms with van der Waals surface area (Å²) in [7, 11) is 1.23. The fourth-order valence-electron chi connectivity index (χ4n) is 0.987. The zero-order chi connectivity index (χ0) is 12.0. The van der Waals surface area contributed by atoms with Crippen LogP contribution in [-0.4, -0.2) is 52.5 Å². The summed E-state index contributed by atoms with van der Waals surface area (Å²) in [6.45, 7) is -0.484. The Morgan fingerprint density at radius 2 is 2.25 bits per heavy atom. The van der Waals surface area contributed by atoms with E-state index in [-0.39, 0.29) is 19.0 Å². The molecule has 0 bridgehead atoms. The Morgan fingerprint density at radius 3 is 2.81 bits per heavy atom. The van der Waals surface area contributed by atoms with Crippen LogP contribution in [0.2, 0.25) is 0 Å². The van der Waals surface area contributed by atoms with Crippen LogP contribution in [-0.2, 0) is 4.74 Å². The molecule has 0 saturated carbocycles. The standard InChI is InChI=1S/C9H13N3O4/c1-16-9(15)8-10-3-2-7(12-8)11-6(4-13)5-14/h2-3,6,13-14H,4-5H2,1H3,(H,10,11,12). The third-order valence-electron chi connectivity index (χ3n) is 1.82. The van der Waals surface area contributed by atoms with Crippen LogP contribution in [0.1, 0.15) is 10.6 Å². The van der Waals surface area contributed by atoms with E-state index in [1.807, 2.05) is 0 Å². The largest absolute Gasteiger partial charge is 0.463 e. The number of nitrogens with zero attached hydrogens (tertiary/aromatic N) is 2. The molecule has 1 rings (SSSR count). The van der Waals surface area contributed by atoms with Crippen molar-refractivity contribution in [2.75, 3.05) is 25.6 Å². The molecule has 0 spiro atoms. The van der Waals surface area contributed by atoms with Crippen molar-refractivity contribution < 1.29 is 19.7 Å². The lowest BCUT2D eigenvalue weighted by atomic mass is 10.3. The Labute approximate surface area is 92.1 Å². The Morgan fingerprint density at radius 1 is 1.56 bits per heavy atom. The van der Waals surface area contributed by atoms with Gasteiger partial charge in [0.2, 0.25) is 5.82 Å². The Hall–Kier alpha value is -1.73. The van der Waals surface area contributed by atoms with Gasteiger partial charge in [0.25, 0.3) is 0 Å². The molecule has 0 aliphatic carbocycles. The summed E-state index contributed by atoms with van der Waals surface area (Å²) >= 11 is 0. The fraction of sp³-hybridized carbons (Fsp3) is 0.444. The van der Waals surface area contributed by atoms with Gasteiger partial charge < -0.3 is 20.3 Å². The molecule has 0 fully saturated rings. The molecule has 88 valence electrons. The molecule has 1 aromatic heterocycles. The van der Waals surface area contributed by atoms with Crippen LogP contribution >= 0.6 is 0 Å². The van der Waals surface area contributed by atoms with E-state index in [1.165, 1.54) is 19.4 Å². The Kier molecular flexibility index (Phi) is 4.62. The van der Waals surface area contributed by atoms with Crippen LogP contribution in [0.25, 0.3) is 0 Å². The molecule has 0 aliphatic rings. The second-order valence-electron chi connectivity index (χ2n) is 2.96. The van der Waals surface area contributed by atoms with Crippen molar-refractivity contribution in [3.8, 4) is 0 Å². The lowest BCUT2D eigenvalue weighted by Crippen LogP contribution is -2.28. The molecule has 0 aromatic carbocycles. The molecule has 0 unspecified atom stereocenters. The third kappa shape index (κ3) is 3.14. The molecule has 1 heterocycles. The van der Waals surface area contributed by atoms with Gasteiger partial charge in [0.1, 0.15) is 5.82 Å². The number of hydrogen-bond donors (Lipinski definition) is 3. The average molecular weight is 227 g/mol. The summed E-state index contributed by atoms with van der Waals surface area (Å²) in [5, 5.41) is 20.4. The summed E-state index contributed by atoms with van der Waals surface area (Å²) in [5.41, 5.74) is 0. The van der Waals surface area contributed by atoms with Crippen molar-refractivity contribution in [2.45, 2.75) is 6.04 Å². The molecular weight excluding hydrogens is 214 g/mol. The number of hydrogen-bond acceptors (Lipinski definition) is 7. The molecule has 7 heteroatoms. The second-order valence-corrected chi connectivity index (χ2v) is 2.96. The summed E-state index contributed by atoms with van der Waals surface area (Å²) in [4.78, 5) is 18.7. The van der Waals surface area contributed by atoms with Gasteiger partial charge in [0.15, 0.2) is 0 Å². The normalized spacial score (nSPS) is 10.2. The maximum absolute atomic E-state index is 11.1. The zero-order valence-electron chi connectivity index (χ0n) is 8.75. The highest BCUT2D eigenvalue weighted by Gasteiger charge is 2.11. The topological polar surface area (TPSA) is 105 Å². The third-order valence-corrected chi connectivity index (χ3v) is 1.82. The number of esters is 1. The molecule has 1 aromatic rings. The summed E-state index contributed by atoms with van der Waals surface area (Å²) in [5.74, 6) is -0.390. The Balaban J connectivity index is 2.78. The molecule has 7 nitrogen and oxygen atoms in total. The minimum atomic E-state index is -0.645. The number of aliphatic hydroxyl groups is 2. The molecule has 0 atom stereocenters. The minimum absolute atomic E-state index is 0.0814. The van der Waals surface area contributed by atoms with Crippen molar-refractivity contribution in [3.05, 3.63) is 18.1 Å². The van der Waals surface area contributed by atoms with Gasteiger partial charge in [-0.15, -0.1) is 0 Å². The number of ether oxygens (including phenoxy) is 1. The lowest BCUT2D eigenvalue weighted by molar-refractivity contribution is 0.0587. The number of anilines is 1. The first-order valence-electron chi connectivity index (χ1n) is 4.61. The van der Waals surface area contributed by atoms with Crippen LogP contribution in [0.4, 0.5) is 5.82 Å². The van der Waals surface area contributed by atoms with Gasteiger partial charge in [-0.3, -0.25) is 0 Å². The van der Waals surface area contributed by atoms with Crippen molar-refractivity contribution in [1.82, 2.24) is 9.97 Å². The summed E-state index contributed by atoms with van der Waals surface area (Å²) < 4.78 is 4.46. The van der Waals surface area contributed by atoms with E-state index in [4.69, 9.17) is 10.2 Å². The number of carbonyl (C=O) groups excluding carboxylic acids is 1. The predicted molar refractivity (Wildman–Crippen MR) is 55.0 cm³/mol. The van der Waals surface area contributed by atoms with E-state index in [9.17, 15) is 4.79 Å². The van der Waals surface area contributed by atoms with Gasteiger partial charge in [-0.05, 0) is 6.07 Å². The number of rotatable bonds is 5. The fourth-order valence-corrected chi connectivity index (χ4v) is 0.987. The average Bonchev–Trinajstić information content (AvgIpc) is 2.35. The van der Waals surface area contributed by atoms with Gasteiger partial charge in [-0.25, -0.2) is 14.8 Å². The number of nitrogens with one attached hydrogen (secondary N) is 1. The highest BCUT2D eigenvalue weighted by Crippen LogP contribution is 2.04. The van der Waals surface area contributed by atoms with E-state index >= 15 is 0 Å². The highest BCUT2D eigenvalue weighted by molar-refractivity contribution is 5.85. The first kappa shape index (κ1) is 12.3. The molecule has 0 amide bonds. The van der Waals surface area contributed by atoms with E-state index < -0.39 is 12.0 Å². The smallest absolute Gasteiger partial charge is 0.376 e. The van der Waals surface area contributed by atoms with Crippen molar-refractivity contribution in [1.29, 1.82) is 0 Å². The number of methoxy groups -OCH3 is 1. The molecule has 0 saturated heterocycles. The minimum Gasteiger partial charge on any atom is -0.463 e. The maximum atomic E-state index is 11.1. The zero-order valence-corrected chi connectivity index (χ0v) is 8.75. The molecule has 0 radical (unpaired) electrons. The number of carbonyl (C=O) groups is 1. The van der Waals surface area contributed by atoms with Gasteiger partial charge >= 0.3 is 5.97 Å². The van der Waals surface area contributed by atoms with E-state index in [0.717, 1.165) is 0 Å². The SMILES string of the molecule is COC(=O)c1nccc(NC(CO)CO)n1. The van der Waals surface area contributed by atoms with Crippen LogP contribution in [0.15, 0.2) is 12.3 Å². The molecule has 3 N–H and O–H groups in total. The van der Waals surface area contributed by atoms with E-state index in [0.29, 0.717) is 5.82 Å². The first-order chi connectivity index (χ1) is 7.71.